The van der Waals surface area contributed by atoms with E-state index in [9.17, 15) is 4.79 Å². The van der Waals surface area contributed by atoms with Gasteiger partial charge in [-0.2, -0.15) is 0 Å². The van der Waals surface area contributed by atoms with Gasteiger partial charge in [0.1, 0.15) is 0 Å². The van der Waals surface area contributed by atoms with Gasteiger partial charge in [0.2, 0.25) is 5.91 Å². The second-order valence-corrected chi connectivity index (χ2v) is 6.29. The number of benzene rings is 1. The number of thioether (sulfide) groups is 1. The average Bonchev–Trinajstić information content (AvgIpc) is 2.93. The largest absolute Gasteiger partial charge is 0.349 e. The van der Waals surface area contributed by atoms with Crippen molar-refractivity contribution in [3.8, 4) is 0 Å². The lowest BCUT2D eigenvalue weighted by Crippen LogP contribution is -2.28. The van der Waals surface area contributed by atoms with E-state index in [-0.39, 0.29) is 11.9 Å². The van der Waals surface area contributed by atoms with Crippen LogP contribution in [-0.4, -0.2) is 11.7 Å². The summed E-state index contributed by atoms with van der Waals surface area (Å²) in [5, 5.41) is 5.08. The SMILES string of the molecule is C[C@H](NC(=O)CSCc1cccs1)c1ccccc1. The smallest absolute Gasteiger partial charge is 0.230 e. The van der Waals surface area contributed by atoms with Gasteiger partial charge >= 0.3 is 0 Å². The molecule has 0 aliphatic rings. The molecule has 19 heavy (non-hydrogen) atoms. The zero-order chi connectivity index (χ0) is 13.5. The van der Waals surface area contributed by atoms with Gasteiger partial charge in [-0.05, 0) is 23.9 Å². The molecule has 0 aliphatic carbocycles. The topological polar surface area (TPSA) is 29.1 Å². The standard InChI is InChI=1S/C15H17NOS2/c1-12(13-6-3-2-4-7-13)16-15(17)11-18-10-14-8-5-9-19-14/h2-9,12H,10-11H2,1H3,(H,16,17)/t12-/m0/s1. The minimum atomic E-state index is 0.0658. The number of carbonyl (C=O) groups excluding carboxylic acids is 1. The molecule has 1 heterocycles. The van der Waals surface area contributed by atoms with E-state index in [1.807, 2.05) is 43.3 Å². The van der Waals surface area contributed by atoms with Crippen molar-refractivity contribution in [1.29, 1.82) is 0 Å². The highest BCUT2D eigenvalue weighted by Crippen LogP contribution is 2.17. The molecule has 1 aromatic heterocycles. The quantitative estimate of drug-likeness (QED) is 0.875. The highest BCUT2D eigenvalue weighted by atomic mass is 32.2. The molecule has 4 heteroatoms. The molecule has 100 valence electrons. The Hall–Kier alpha value is -1.26. The summed E-state index contributed by atoms with van der Waals surface area (Å²) in [6, 6.07) is 14.2. The molecule has 1 N–H and O–H groups in total. The van der Waals surface area contributed by atoms with Crippen LogP contribution in [0.15, 0.2) is 47.8 Å². The second-order valence-electron chi connectivity index (χ2n) is 4.27. The van der Waals surface area contributed by atoms with E-state index in [0.717, 1.165) is 11.3 Å². The second kappa shape index (κ2) is 7.36. The predicted molar refractivity (Wildman–Crippen MR) is 83.5 cm³/mol. The van der Waals surface area contributed by atoms with Gasteiger partial charge < -0.3 is 5.32 Å². The van der Waals surface area contributed by atoms with E-state index in [2.05, 4.69) is 16.8 Å². The number of hydrogen-bond donors (Lipinski definition) is 1. The molecular formula is C15H17NOS2. The third-order valence-electron chi connectivity index (χ3n) is 2.73. The van der Waals surface area contributed by atoms with E-state index in [1.165, 1.54) is 4.88 Å². The fourth-order valence-corrected chi connectivity index (χ4v) is 3.43. The third-order valence-corrected chi connectivity index (χ3v) is 4.78. The first-order valence-corrected chi connectivity index (χ1v) is 8.23. The average molecular weight is 291 g/mol. The Labute approximate surface area is 122 Å². The van der Waals surface area contributed by atoms with Crippen molar-refractivity contribution in [3.05, 3.63) is 58.3 Å². The lowest BCUT2D eigenvalue weighted by Gasteiger charge is -2.13. The van der Waals surface area contributed by atoms with Crippen molar-refractivity contribution in [1.82, 2.24) is 5.32 Å². The van der Waals surface area contributed by atoms with Gasteiger partial charge in [-0.25, -0.2) is 0 Å². The maximum Gasteiger partial charge on any atom is 0.230 e. The van der Waals surface area contributed by atoms with E-state index < -0.39 is 0 Å². The molecule has 1 amide bonds. The molecule has 0 aliphatic heterocycles. The molecule has 0 fully saturated rings. The van der Waals surface area contributed by atoms with Crippen LogP contribution in [0.2, 0.25) is 0 Å². The van der Waals surface area contributed by atoms with Crippen molar-refractivity contribution in [3.63, 3.8) is 0 Å². The summed E-state index contributed by atoms with van der Waals surface area (Å²) in [5.41, 5.74) is 1.14. The number of amides is 1. The lowest BCUT2D eigenvalue weighted by atomic mass is 10.1. The van der Waals surface area contributed by atoms with Crippen LogP contribution in [0.4, 0.5) is 0 Å². The molecule has 1 aromatic carbocycles. The summed E-state index contributed by atoms with van der Waals surface area (Å²) in [4.78, 5) is 13.1. The van der Waals surface area contributed by atoms with Crippen LogP contribution in [0.25, 0.3) is 0 Å². The number of thiophene rings is 1. The minimum Gasteiger partial charge on any atom is -0.349 e. The predicted octanol–water partition coefficient (Wildman–Crippen LogP) is 3.86. The summed E-state index contributed by atoms with van der Waals surface area (Å²) in [5.74, 6) is 1.51. The van der Waals surface area contributed by atoms with Crippen molar-refractivity contribution in [2.24, 2.45) is 0 Å². The Morgan fingerprint density at radius 3 is 2.74 bits per heavy atom. The van der Waals surface area contributed by atoms with Crippen LogP contribution in [0.3, 0.4) is 0 Å². The molecule has 2 rings (SSSR count). The van der Waals surface area contributed by atoms with Gasteiger partial charge in [0.15, 0.2) is 0 Å². The zero-order valence-corrected chi connectivity index (χ0v) is 12.5. The summed E-state index contributed by atoms with van der Waals surface area (Å²) >= 11 is 3.39. The Bertz CT molecular complexity index is 496. The first kappa shape index (κ1) is 14.2. The summed E-state index contributed by atoms with van der Waals surface area (Å²) < 4.78 is 0. The Kier molecular flexibility index (Phi) is 5.48. The first-order valence-electron chi connectivity index (χ1n) is 6.20. The number of nitrogens with one attached hydrogen (secondary N) is 1. The van der Waals surface area contributed by atoms with Crippen molar-refractivity contribution in [2.75, 3.05) is 5.75 Å². The monoisotopic (exact) mass is 291 g/mol. The molecule has 1 atom stereocenters. The molecule has 2 nitrogen and oxygen atoms in total. The van der Waals surface area contributed by atoms with Crippen molar-refractivity contribution >= 4 is 29.0 Å². The third kappa shape index (κ3) is 4.73. The van der Waals surface area contributed by atoms with E-state index in [1.54, 1.807) is 23.1 Å². The van der Waals surface area contributed by atoms with Crippen LogP contribution in [0.5, 0.6) is 0 Å². The molecule has 0 spiro atoms. The van der Waals surface area contributed by atoms with E-state index in [0.29, 0.717) is 5.75 Å². The zero-order valence-electron chi connectivity index (χ0n) is 10.8. The number of hydrogen-bond acceptors (Lipinski definition) is 3. The summed E-state index contributed by atoms with van der Waals surface area (Å²) in [7, 11) is 0. The minimum absolute atomic E-state index is 0.0658. The molecule has 0 unspecified atom stereocenters. The fourth-order valence-electron chi connectivity index (χ4n) is 1.75. The van der Waals surface area contributed by atoms with E-state index in [4.69, 9.17) is 0 Å². The van der Waals surface area contributed by atoms with Gasteiger partial charge in [0.25, 0.3) is 0 Å². The normalized spacial score (nSPS) is 12.1. The highest BCUT2D eigenvalue weighted by molar-refractivity contribution is 7.99. The molecule has 0 saturated carbocycles. The van der Waals surface area contributed by atoms with Crippen LogP contribution in [-0.2, 0) is 10.5 Å². The first-order chi connectivity index (χ1) is 9.25. The van der Waals surface area contributed by atoms with Gasteiger partial charge in [-0.15, -0.1) is 23.1 Å². The van der Waals surface area contributed by atoms with Crippen LogP contribution in [0.1, 0.15) is 23.4 Å². The molecule has 0 radical (unpaired) electrons. The van der Waals surface area contributed by atoms with Crippen LogP contribution in [0, 0.1) is 0 Å². The summed E-state index contributed by atoms with van der Waals surface area (Å²) in [6.45, 7) is 2.01. The summed E-state index contributed by atoms with van der Waals surface area (Å²) in [6.07, 6.45) is 0. The molecular weight excluding hydrogens is 274 g/mol. The highest BCUT2D eigenvalue weighted by Gasteiger charge is 2.09. The molecule has 2 aromatic rings. The number of carbonyl (C=O) groups is 1. The van der Waals surface area contributed by atoms with Gasteiger partial charge in [-0.3, -0.25) is 4.79 Å². The maximum absolute atomic E-state index is 11.8. The van der Waals surface area contributed by atoms with Gasteiger partial charge in [0, 0.05) is 10.6 Å². The van der Waals surface area contributed by atoms with Crippen molar-refractivity contribution < 1.29 is 4.79 Å². The molecule has 0 bridgehead atoms. The van der Waals surface area contributed by atoms with Crippen molar-refractivity contribution in [2.45, 2.75) is 18.7 Å². The Morgan fingerprint density at radius 1 is 1.26 bits per heavy atom. The van der Waals surface area contributed by atoms with Crippen LogP contribution >= 0.6 is 23.1 Å². The Balaban J connectivity index is 1.72. The van der Waals surface area contributed by atoms with E-state index >= 15 is 0 Å². The van der Waals surface area contributed by atoms with Gasteiger partial charge in [0.05, 0.1) is 11.8 Å². The lowest BCUT2D eigenvalue weighted by molar-refractivity contribution is -0.119. The van der Waals surface area contributed by atoms with Gasteiger partial charge in [-0.1, -0.05) is 36.4 Å². The number of rotatable bonds is 6. The Morgan fingerprint density at radius 2 is 2.05 bits per heavy atom. The van der Waals surface area contributed by atoms with Crippen LogP contribution < -0.4 is 5.32 Å². The fraction of sp³-hybridized carbons (Fsp3) is 0.267. The molecule has 0 saturated heterocycles. The maximum atomic E-state index is 11.8.